The number of hydrogen-bond acceptors (Lipinski definition) is 5. The Labute approximate surface area is 135 Å². The van der Waals surface area contributed by atoms with E-state index >= 15 is 0 Å². The van der Waals surface area contributed by atoms with Crippen molar-refractivity contribution in [2.75, 3.05) is 66.5 Å². The highest BCUT2D eigenvalue weighted by atomic mass is 16.2. The molecule has 0 rings (SSSR count). The molecule has 0 saturated heterocycles. The largest absolute Gasteiger partial charge is 0.351 e. The highest BCUT2D eigenvalue weighted by Crippen LogP contribution is 1.97. The van der Waals surface area contributed by atoms with Crippen LogP contribution in [0.1, 0.15) is 19.8 Å². The van der Waals surface area contributed by atoms with E-state index in [1.54, 1.807) is 4.90 Å². The van der Waals surface area contributed by atoms with E-state index in [1.807, 2.05) is 14.0 Å². The lowest BCUT2D eigenvalue weighted by Crippen LogP contribution is -2.42. The molecule has 0 fully saturated rings. The van der Waals surface area contributed by atoms with Gasteiger partial charge in [0.25, 0.3) is 0 Å². The van der Waals surface area contributed by atoms with E-state index in [0.29, 0.717) is 26.2 Å². The molecule has 3 N–H and O–H groups in total. The second-order valence-corrected chi connectivity index (χ2v) is 5.52. The quantitative estimate of drug-likeness (QED) is 0.472. The molecule has 128 valence electrons. The second kappa shape index (κ2) is 13.3. The maximum atomic E-state index is 11.3. The van der Waals surface area contributed by atoms with Gasteiger partial charge in [-0.2, -0.15) is 5.26 Å². The van der Waals surface area contributed by atoms with E-state index in [2.05, 4.69) is 28.2 Å². The first-order chi connectivity index (χ1) is 10.5. The van der Waals surface area contributed by atoms with Crippen LogP contribution in [0.25, 0.3) is 0 Å². The highest BCUT2D eigenvalue weighted by molar-refractivity contribution is 5.71. The molecule has 0 aliphatic heterocycles. The minimum atomic E-state index is -0.384. The Hall–Kier alpha value is -1.36. The number of nitrogens with zero attached hydrogens (tertiary/aromatic N) is 4. The maximum absolute atomic E-state index is 11.3. The summed E-state index contributed by atoms with van der Waals surface area (Å²) < 4.78 is 0. The van der Waals surface area contributed by atoms with Gasteiger partial charge < -0.3 is 20.9 Å². The summed E-state index contributed by atoms with van der Waals surface area (Å²) in [7, 11) is 4.05. The third-order valence-corrected chi connectivity index (χ3v) is 3.54. The summed E-state index contributed by atoms with van der Waals surface area (Å²) in [5, 5.41) is 12.1. The summed E-state index contributed by atoms with van der Waals surface area (Å²) in [6, 6.07) is 1.81. The van der Waals surface area contributed by atoms with Crippen LogP contribution >= 0.6 is 0 Å². The molecule has 0 aromatic heterocycles. The van der Waals surface area contributed by atoms with E-state index in [9.17, 15) is 4.79 Å². The molecule has 0 aromatic rings. The number of nitrogens with one attached hydrogen (secondary N) is 1. The number of carbonyl (C=O) groups is 1. The first-order valence-electron chi connectivity index (χ1n) is 8.02. The number of primary amides is 1. The normalized spacial score (nSPS) is 10.9. The molecule has 0 atom stereocenters. The smallest absolute Gasteiger partial charge is 0.314 e. The summed E-state index contributed by atoms with van der Waals surface area (Å²) in [6.07, 6.45) is 1.89. The Morgan fingerprint density at radius 2 is 1.91 bits per heavy atom. The highest BCUT2D eigenvalue weighted by Gasteiger charge is 2.11. The molecule has 0 aliphatic carbocycles. The lowest BCUT2D eigenvalue weighted by Gasteiger charge is -2.25. The average molecular weight is 312 g/mol. The van der Waals surface area contributed by atoms with Crippen molar-refractivity contribution in [2.24, 2.45) is 5.73 Å². The summed E-state index contributed by atoms with van der Waals surface area (Å²) in [5.74, 6) is 0. The topological polar surface area (TPSA) is 88.6 Å². The van der Waals surface area contributed by atoms with Gasteiger partial charge in [0.2, 0.25) is 0 Å². The lowest BCUT2D eigenvalue weighted by molar-refractivity contribution is 0.191. The van der Waals surface area contributed by atoms with Crippen molar-refractivity contribution < 1.29 is 4.79 Å². The Bertz CT molecular complexity index is 330. The lowest BCUT2D eigenvalue weighted by atomic mass is 10.3. The minimum absolute atomic E-state index is 0.384. The molecule has 0 aliphatic rings. The number of likely N-dealkylation sites (N-methyl/N-ethyl adjacent to an activating group) is 2. The zero-order valence-corrected chi connectivity index (χ0v) is 14.3. The van der Waals surface area contributed by atoms with Crippen molar-refractivity contribution in [1.82, 2.24) is 20.0 Å². The third kappa shape index (κ3) is 10.4. The molecule has 22 heavy (non-hydrogen) atoms. The van der Waals surface area contributed by atoms with Crippen LogP contribution in [0.5, 0.6) is 0 Å². The zero-order chi connectivity index (χ0) is 16.8. The van der Waals surface area contributed by atoms with Crippen molar-refractivity contribution in [3.8, 4) is 6.07 Å². The number of rotatable bonds is 13. The Morgan fingerprint density at radius 1 is 1.18 bits per heavy atom. The third-order valence-electron chi connectivity index (χ3n) is 3.54. The molecular weight excluding hydrogens is 280 g/mol. The molecule has 2 amide bonds. The van der Waals surface area contributed by atoms with Crippen LogP contribution in [-0.4, -0.2) is 87.2 Å². The van der Waals surface area contributed by atoms with E-state index < -0.39 is 0 Å². The monoisotopic (exact) mass is 312 g/mol. The fourth-order valence-corrected chi connectivity index (χ4v) is 2.21. The molecule has 0 unspecified atom stereocenters. The molecule has 0 spiro atoms. The van der Waals surface area contributed by atoms with Crippen LogP contribution in [0.3, 0.4) is 0 Å². The number of nitriles is 1. The van der Waals surface area contributed by atoms with Crippen molar-refractivity contribution in [3.63, 3.8) is 0 Å². The van der Waals surface area contributed by atoms with Gasteiger partial charge in [-0.1, -0.05) is 6.92 Å². The molecule has 0 radical (unpaired) electrons. The van der Waals surface area contributed by atoms with Crippen LogP contribution < -0.4 is 11.1 Å². The predicted octanol–water partition coefficient (Wildman–Crippen LogP) is 0.144. The predicted molar refractivity (Wildman–Crippen MR) is 89.5 cm³/mol. The van der Waals surface area contributed by atoms with Gasteiger partial charge in [-0.05, 0) is 33.5 Å². The first kappa shape index (κ1) is 20.6. The van der Waals surface area contributed by atoms with Gasteiger partial charge in [0.15, 0.2) is 0 Å². The fraction of sp³-hybridized carbons (Fsp3) is 0.867. The molecule has 7 heteroatoms. The van der Waals surface area contributed by atoms with E-state index in [1.165, 1.54) is 0 Å². The van der Waals surface area contributed by atoms with Gasteiger partial charge in [0, 0.05) is 39.3 Å². The molecular formula is C15H32N6O. The minimum Gasteiger partial charge on any atom is -0.351 e. The van der Waals surface area contributed by atoms with Crippen LogP contribution in [0.15, 0.2) is 0 Å². The van der Waals surface area contributed by atoms with Crippen LogP contribution in [-0.2, 0) is 0 Å². The van der Waals surface area contributed by atoms with Crippen LogP contribution in [0.2, 0.25) is 0 Å². The molecule has 0 heterocycles. The van der Waals surface area contributed by atoms with Gasteiger partial charge in [-0.15, -0.1) is 0 Å². The summed E-state index contributed by atoms with van der Waals surface area (Å²) in [5.41, 5.74) is 5.36. The number of carbonyl (C=O) groups excluding carboxylic acids is 1. The second-order valence-electron chi connectivity index (χ2n) is 5.52. The van der Waals surface area contributed by atoms with Gasteiger partial charge in [-0.3, -0.25) is 4.90 Å². The summed E-state index contributed by atoms with van der Waals surface area (Å²) >= 11 is 0. The van der Waals surface area contributed by atoms with Gasteiger partial charge in [0.1, 0.15) is 0 Å². The molecule has 0 bridgehead atoms. The first-order valence-corrected chi connectivity index (χ1v) is 8.02. The average Bonchev–Trinajstić information content (AvgIpc) is 2.48. The van der Waals surface area contributed by atoms with E-state index in [-0.39, 0.29) is 6.03 Å². The van der Waals surface area contributed by atoms with E-state index in [4.69, 9.17) is 11.0 Å². The van der Waals surface area contributed by atoms with Gasteiger partial charge >= 0.3 is 6.03 Å². The van der Waals surface area contributed by atoms with Crippen molar-refractivity contribution >= 4 is 6.03 Å². The number of nitrogens with two attached hydrogens (primary N) is 1. The SMILES string of the molecule is CCCN(CCN(CC#N)CCCN(C)CCNC)C(N)=O. The maximum Gasteiger partial charge on any atom is 0.314 e. The molecule has 7 nitrogen and oxygen atoms in total. The standard InChI is InChI=1S/C15H32N6O/c1-4-8-21(15(17)22)14-13-20(11-6-16)10-5-9-19(3)12-7-18-2/h18H,4-5,7-14H2,1-3H3,(H2,17,22). The van der Waals surface area contributed by atoms with Crippen molar-refractivity contribution in [2.45, 2.75) is 19.8 Å². The summed E-state index contributed by atoms with van der Waals surface area (Å²) in [4.78, 5) is 17.3. The van der Waals surface area contributed by atoms with Crippen LogP contribution in [0, 0.1) is 11.3 Å². The Morgan fingerprint density at radius 3 is 2.45 bits per heavy atom. The fourth-order valence-electron chi connectivity index (χ4n) is 2.21. The van der Waals surface area contributed by atoms with Crippen molar-refractivity contribution in [1.29, 1.82) is 5.26 Å². The van der Waals surface area contributed by atoms with Gasteiger partial charge in [-0.25, -0.2) is 4.79 Å². The van der Waals surface area contributed by atoms with Gasteiger partial charge in [0.05, 0.1) is 12.6 Å². The summed E-state index contributed by atoms with van der Waals surface area (Å²) in [6.45, 7) is 8.20. The Kier molecular flexibility index (Phi) is 12.5. The Balaban J connectivity index is 4.09. The number of amides is 2. The molecule has 0 saturated carbocycles. The van der Waals surface area contributed by atoms with Crippen molar-refractivity contribution in [3.05, 3.63) is 0 Å². The van der Waals surface area contributed by atoms with E-state index in [0.717, 1.165) is 39.0 Å². The zero-order valence-electron chi connectivity index (χ0n) is 14.3. The van der Waals surface area contributed by atoms with Crippen LogP contribution in [0.4, 0.5) is 4.79 Å². The number of urea groups is 1. The number of hydrogen-bond donors (Lipinski definition) is 2. The molecule has 0 aromatic carbocycles.